The summed E-state index contributed by atoms with van der Waals surface area (Å²) in [4.78, 5) is 8.38. The summed E-state index contributed by atoms with van der Waals surface area (Å²) in [6.07, 6.45) is 14.9. The molecule has 0 fully saturated rings. The number of aliphatic imine (C=N–C) groups is 1. The molecule has 1 aromatic heterocycles. The van der Waals surface area contributed by atoms with Crippen molar-refractivity contribution in [1.29, 1.82) is 0 Å². The molecule has 2 heterocycles. The molecule has 0 saturated heterocycles. The molecule has 0 N–H and O–H groups in total. The van der Waals surface area contributed by atoms with Crippen LogP contribution in [-0.4, -0.2) is 17.8 Å². The second kappa shape index (κ2) is 6.04. The third-order valence-corrected chi connectivity index (χ3v) is 3.72. The molecule has 0 bridgehead atoms. The van der Waals surface area contributed by atoms with Crippen LogP contribution in [0.4, 0.5) is 0 Å². The number of ether oxygens (including phenoxy) is 1. The van der Waals surface area contributed by atoms with Gasteiger partial charge in [-0.2, -0.15) is 0 Å². The molecule has 2 atom stereocenters. The van der Waals surface area contributed by atoms with Crippen molar-refractivity contribution >= 4 is 6.21 Å². The summed E-state index contributed by atoms with van der Waals surface area (Å²) in [6, 6.07) is 3.73. The first-order valence-corrected chi connectivity index (χ1v) is 7.01. The SMILES string of the molecule is CCC1(C)C=CN=CC(C)(COc2ccncc2)C=C1. The standard InChI is InChI=1S/C17H22N2O/c1-4-16(2)7-8-17(3,13-19-12-9-16)14-20-15-5-10-18-11-6-15/h5-13H,4,14H2,1-3H3. The van der Waals surface area contributed by atoms with Crippen LogP contribution >= 0.6 is 0 Å². The van der Waals surface area contributed by atoms with Gasteiger partial charge in [-0.3, -0.25) is 9.98 Å². The topological polar surface area (TPSA) is 34.5 Å². The highest BCUT2D eigenvalue weighted by Crippen LogP contribution is 2.29. The van der Waals surface area contributed by atoms with E-state index in [0.29, 0.717) is 6.61 Å². The maximum absolute atomic E-state index is 5.84. The molecule has 1 aliphatic rings. The van der Waals surface area contributed by atoms with E-state index in [1.807, 2.05) is 24.5 Å². The van der Waals surface area contributed by atoms with Gasteiger partial charge in [-0.1, -0.05) is 32.1 Å². The normalized spacial score (nSPS) is 28.9. The van der Waals surface area contributed by atoms with Gasteiger partial charge in [0.1, 0.15) is 12.4 Å². The van der Waals surface area contributed by atoms with Crippen molar-refractivity contribution in [2.75, 3.05) is 6.61 Å². The fourth-order valence-electron chi connectivity index (χ4n) is 1.90. The smallest absolute Gasteiger partial charge is 0.122 e. The van der Waals surface area contributed by atoms with Gasteiger partial charge in [0, 0.05) is 30.2 Å². The lowest BCUT2D eigenvalue weighted by Crippen LogP contribution is -2.26. The molecule has 0 aromatic carbocycles. The zero-order valence-corrected chi connectivity index (χ0v) is 12.4. The number of pyridine rings is 1. The van der Waals surface area contributed by atoms with Crippen molar-refractivity contribution < 1.29 is 4.74 Å². The van der Waals surface area contributed by atoms with E-state index in [9.17, 15) is 0 Å². The molecule has 2 unspecified atom stereocenters. The molecule has 0 saturated carbocycles. The fourth-order valence-corrected chi connectivity index (χ4v) is 1.90. The molecular formula is C17H22N2O. The molecule has 106 valence electrons. The van der Waals surface area contributed by atoms with Crippen LogP contribution in [0.25, 0.3) is 0 Å². The van der Waals surface area contributed by atoms with Crippen molar-refractivity contribution in [2.24, 2.45) is 15.8 Å². The van der Waals surface area contributed by atoms with E-state index in [0.717, 1.165) is 12.2 Å². The Hall–Kier alpha value is -1.90. The van der Waals surface area contributed by atoms with E-state index < -0.39 is 0 Å². The highest BCUT2D eigenvalue weighted by Gasteiger charge is 2.24. The van der Waals surface area contributed by atoms with Gasteiger partial charge in [0.25, 0.3) is 0 Å². The molecule has 20 heavy (non-hydrogen) atoms. The maximum atomic E-state index is 5.84. The van der Waals surface area contributed by atoms with Gasteiger partial charge in [-0.25, -0.2) is 0 Å². The summed E-state index contributed by atoms with van der Waals surface area (Å²) in [5, 5.41) is 0. The molecule has 3 nitrogen and oxygen atoms in total. The lowest BCUT2D eigenvalue weighted by Gasteiger charge is -2.26. The first-order valence-electron chi connectivity index (χ1n) is 7.01. The minimum absolute atomic E-state index is 0.0652. The number of hydrogen-bond donors (Lipinski definition) is 0. The van der Waals surface area contributed by atoms with E-state index in [2.05, 4.69) is 49.0 Å². The predicted molar refractivity (Wildman–Crippen MR) is 83.0 cm³/mol. The Kier molecular flexibility index (Phi) is 4.38. The quantitative estimate of drug-likeness (QED) is 0.774. The largest absolute Gasteiger partial charge is 0.492 e. The molecule has 3 heteroatoms. The minimum Gasteiger partial charge on any atom is -0.492 e. The van der Waals surface area contributed by atoms with E-state index in [1.165, 1.54) is 0 Å². The average Bonchev–Trinajstić information content (AvgIpc) is 2.48. The molecule has 1 aromatic rings. The van der Waals surface area contributed by atoms with Gasteiger partial charge >= 0.3 is 0 Å². The zero-order valence-electron chi connectivity index (χ0n) is 12.4. The van der Waals surface area contributed by atoms with Crippen LogP contribution in [0.1, 0.15) is 27.2 Å². The number of allylic oxidation sites excluding steroid dienone is 2. The highest BCUT2D eigenvalue weighted by molar-refractivity contribution is 5.69. The van der Waals surface area contributed by atoms with Crippen LogP contribution in [0.5, 0.6) is 5.75 Å². The Morgan fingerprint density at radius 2 is 1.75 bits per heavy atom. The van der Waals surface area contributed by atoms with Crippen molar-refractivity contribution in [3.05, 3.63) is 49.0 Å². The fraction of sp³-hybridized carbons (Fsp3) is 0.412. The Morgan fingerprint density at radius 1 is 1.05 bits per heavy atom. The summed E-state index contributed by atoms with van der Waals surface area (Å²) in [5.74, 6) is 0.832. The Labute approximate surface area is 121 Å². The monoisotopic (exact) mass is 270 g/mol. The van der Waals surface area contributed by atoms with E-state index in [-0.39, 0.29) is 10.8 Å². The maximum Gasteiger partial charge on any atom is 0.122 e. The Morgan fingerprint density at radius 3 is 2.45 bits per heavy atom. The van der Waals surface area contributed by atoms with Crippen LogP contribution in [0.2, 0.25) is 0 Å². The summed E-state index contributed by atoms with van der Waals surface area (Å²) in [6.45, 7) is 7.09. The molecule has 0 aliphatic carbocycles. The number of aromatic nitrogens is 1. The summed E-state index contributed by atoms with van der Waals surface area (Å²) in [5.41, 5.74) is -0.139. The van der Waals surface area contributed by atoms with Crippen molar-refractivity contribution in [3.63, 3.8) is 0 Å². The second-order valence-corrected chi connectivity index (χ2v) is 5.76. The van der Waals surface area contributed by atoms with Gasteiger partial charge in [-0.05, 0) is 25.5 Å². The number of nitrogens with zero attached hydrogens (tertiary/aromatic N) is 2. The Bertz CT molecular complexity index is 521. The number of hydrogen-bond acceptors (Lipinski definition) is 3. The van der Waals surface area contributed by atoms with Crippen LogP contribution in [0, 0.1) is 10.8 Å². The lowest BCUT2D eigenvalue weighted by atomic mass is 9.82. The first-order chi connectivity index (χ1) is 9.55. The van der Waals surface area contributed by atoms with Gasteiger partial charge < -0.3 is 4.74 Å². The minimum atomic E-state index is -0.204. The van der Waals surface area contributed by atoms with Crippen molar-refractivity contribution in [2.45, 2.75) is 27.2 Å². The van der Waals surface area contributed by atoms with Crippen LogP contribution in [-0.2, 0) is 0 Å². The first kappa shape index (κ1) is 14.5. The lowest BCUT2D eigenvalue weighted by molar-refractivity contribution is 0.256. The van der Waals surface area contributed by atoms with Gasteiger partial charge in [0.15, 0.2) is 0 Å². The Balaban J connectivity index is 2.11. The van der Waals surface area contributed by atoms with E-state index >= 15 is 0 Å². The van der Waals surface area contributed by atoms with E-state index in [1.54, 1.807) is 12.4 Å². The molecular weight excluding hydrogens is 248 g/mol. The molecule has 0 spiro atoms. The molecule has 0 radical (unpaired) electrons. The van der Waals surface area contributed by atoms with Crippen LogP contribution < -0.4 is 4.74 Å². The number of rotatable bonds is 4. The summed E-state index contributed by atoms with van der Waals surface area (Å²) >= 11 is 0. The highest BCUT2D eigenvalue weighted by atomic mass is 16.5. The molecule has 2 rings (SSSR count). The van der Waals surface area contributed by atoms with Crippen LogP contribution in [0.15, 0.2) is 53.9 Å². The average molecular weight is 270 g/mol. The van der Waals surface area contributed by atoms with Crippen LogP contribution in [0.3, 0.4) is 0 Å². The predicted octanol–water partition coefficient (Wildman–Crippen LogP) is 4.04. The molecule has 0 amide bonds. The van der Waals surface area contributed by atoms with Gasteiger partial charge in [0.2, 0.25) is 0 Å². The van der Waals surface area contributed by atoms with Crippen molar-refractivity contribution in [3.8, 4) is 5.75 Å². The second-order valence-electron chi connectivity index (χ2n) is 5.76. The third-order valence-electron chi connectivity index (χ3n) is 3.72. The zero-order chi connectivity index (χ0) is 14.5. The summed E-state index contributed by atoms with van der Waals surface area (Å²) < 4.78 is 5.84. The third kappa shape index (κ3) is 3.80. The summed E-state index contributed by atoms with van der Waals surface area (Å²) in [7, 11) is 0. The van der Waals surface area contributed by atoms with Gasteiger partial charge in [0.05, 0.1) is 5.41 Å². The molecule has 1 aliphatic heterocycles. The van der Waals surface area contributed by atoms with Crippen molar-refractivity contribution in [1.82, 2.24) is 4.98 Å². The van der Waals surface area contributed by atoms with E-state index in [4.69, 9.17) is 4.74 Å². The van der Waals surface area contributed by atoms with Gasteiger partial charge in [-0.15, -0.1) is 0 Å².